The average molecular weight is 286 g/mol. The summed E-state index contributed by atoms with van der Waals surface area (Å²) < 4.78 is 19.8. The van der Waals surface area contributed by atoms with E-state index in [-0.39, 0.29) is 5.82 Å². The van der Waals surface area contributed by atoms with Crippen LogP contribution in [0.2, 0.25) is 0 Å². The number of rotatable bonds is 3. The summed E-state index contributed by atoms with van der Waals surface area (Å²) in [6.07, 6.45) is 0.923. The van der Waals surface area contributed by atoms with E-state index in [2.05, 4.69) is 4.90 Å². The van der Waals surface area contributed by atoms with Gasteiger partial charge in [0.2, 0.25) is 0 Å². The lowest BCUT2D eigenvalue weighted by molar-refractivity contribution is 0.322. The van der Waals surface area contributed by atoms with E-state index < -0.39 is 0 Å². The minimum absolute atomic E-state index is 0.185. The molecule has 0 unspecified atom stereocenters. The van der Waals surface area contributed by atoms with Crippen molar-refractivity contribution < 1.29 is 9.13 Å². The van der Waals surface area contributed by atoms with Gasteiger partial charge in [0.05, 0.1) is 12.3 Å². The van der Waals surface area contributed by atoms with Crippen LogP contribution in [0.4, 0.5) is 10.1 Å². The van der Waals surface area contributed by atoms with E-state index in [0.29, 0.717) is 25.3 Å². The smallest absolute Gasteiger partial charge is 0.142 e. The number of fused-ring (bicyclic) bond motifs is 1. The number of halogens is 1. The molecule has 0 radical (unpaired) electrons. The number of hydrogen-bond acceptors (Lipinski definition) is 3. The van der Waals surface area contributed by atoms with E-state index in [1.807, 2.05) is 30.3 Å². The number of ether oxygens (including phenoxy) is 1. The summed E-state index contributed by atoms with van der Waals surface area (Å²) in [6.45, 7) is 2.50. The molecule has 0 spiro atoms. The second-order valence-corrected chi connectivity index (χ2v) is 5.22. The highest BCUT2D eigenvalue weighted by Gasteiger charge is 2.17. The molecule has 1 aliphatic heterocycles. The normalized spacial score (nSPS) is 14.3. The monoisotopic (exact) mass is 286 g/mol. The van der Waals surface area contributed by atoms with Gasteiger partial charge in [-0.05, 0) is 36.2 Å². The zero-order chi connectivity index (χ0) is 14.7. The molecule has 3 rings (SSSR count). The Kier molecular flexibility index (Phi) is 4.06. The first-order valence-electron chi connectivity index (χ1n) is 7.22. The Morgan fingerprint density at radius 1 is 1.19 bits per heavy atom. The molecule has 0 fully saturated rings. The molecule has 0 atom stereocenters. The standard InChI is InChI=1S/C17H19FN2O/c18-15-7-6-13(11-19)10-14(15)12-20-8-3-9-21-17-5-2-1-4-16(17)20/h1-2,4-7,10H,3,8-9,11-12,19H2. The predicted molar refractivity (Wildman–Crippen MR) is 81.9 cm³/mol. The van der Waals surface area contributed by atoms with Crippen molar-refractivity contribution in [2.75, 3.05) is 18.1 Å². The zero-order valence-electron chi connectivity index (χ0n) is 11.9. The Morgan fingerprint density at radius 2 is 2.05 bits per heavy atom. The fourth-order valence-electron chi connectivity index (χ4n) is 2.64. The largest absolute Gasteiger partial charge is 0.491 e. The minimum atomic E-state index is -0.185. The molecular formula is C17H19FN2O. The summed E-state index contributed by atoms with van der Waals surface area (Å²) in [5, 5.41) is 0. The van der Waals surface area contributed by atoms with Crippen LogP contribution >= 0.6 is 0 Å². The van der Waals surface area contributed by atoms with Crippen molar-refractivity contribution in [3.63, 3.8) is 0 Å². The highest BCUT2D eigenvalue weighted by atomic mass is 19.1. The van der Waals surface area contributed by atoms with Crippen LogP contribution in [0.3, 0.4) is 0 Å². The van der Waals surface area contributed by atoms with Crippen molar-refractivity contribution in [1.29, 1.82) is 0 Å². The first-order chi connectivity index (χ1) is 10.3. The third-order valence-corrected chi connectivity index (χ3v) is 3.74. The lowest BCUT2D eigenvalue weighted by Crippen LogP contribution is -2.24. The van der Waals surface area contributed by atoms with E-state index in [4.69, 9.17) is 10.5 Å². The summed E-state index contributed by atoms with van der Waals surface area (Å²) in [7, 11) is 0. The topological polar surface area (TPSA) is 38.5 Å². The lowest BCUT2D eigenvalue weighted by atomic mass is 10.1. The Morgan fingerprint density at radius 3 is 2.90 bits per heavy atom. The summed E-state index contributed by atoms with van der Waals surface area (Å²) in [4.78, 5) is 2.17. The van der Waals surface area contributed by atoms with E-state index in [0.717, 1.165) is 30.0 Å². The van der Waals surface area contributed by atoms with Crippen LogP contribution in [-0.4, -0.2) is 13.2 Å². The Bertz CT molecular complexity index is 630. The summed E-state index contributed by atoms with van der Waals surface area (Å²) in [5.41, 5.74) is 8.29. The SMILES string of the molecule is NCc1ccc(F)c(CN2CCCOc3ccccc32)c1. The predicted octanol–water partition coefficient (Wildman–Crippen LogP) is 3.07. The highest BCUT2D eigenvalue weighted by Crippen LogP contribution is 2.31. The molecule has 1 heterocycles. The molecule has 0 saturated carbocycles. The van der Waals surface area contributed by atoms with Crippen LogP contribution in [0, 0.1) is 5.82 Å². The van der Waals surface area contributed by atoms with Crippen molar-refractivity contribution in [3.05, 3.63) is 59.4 Å². The number of hydrogen-bond donors (Lipinski definition) is 1. The van der Waals surface area contributed by atoms with Gasteiger partial charge < -0.3 is 15.4 Å². The molecule has 0 saturated heterocycles. The zero-order valence-corrected chi connectivity index (χ0v) is 11.9. The third kappa shape index (κ3) is 3.00. The molecule has 3 nitrogen and oxygen atoms in total. The molecule has 1 aliphatic rings. The minimum Gasteiger partial charge on any atom is -0.491 e. The van der Waals surface area contributed by atoms with E-state index in [9.17, 15) is 4.39 Å². The quantitative estimate of drug-likeness (QED) is 0.942. The van der Waals surface area contributed by atoms with Gasteiger partial charge in [-0.1, -0.05) is 18.2 Å². The number of nitrogens with zero attached hydrogens (tertiary/aromatic N) is 1. The summed E-state index contributed by atoms with van der Waals surface area (Å²) in [5.74, 6) is 0.681. The fourth-order valence-corrected chi connectivity index (χ4v) is 2.64. The molecule has 2 N–H and O–H groups in total. The Labute approximate surface area is 124 Å². The van der Waals surface area contributed by atoms with Gasteiger partial charge in [-0.2, -0.15) is 0 Å². The van der Waals surface area contributed by atoms with E-state index >= 15 is 0 Å². The number of anilines is 1. The van der Waals surface area contributed by atoms with Crippen molar-refractivity contribution in [3.8, 4) is 5.75 Å². The van der Waals surface area contributed by atoms with Gasteiger partial charge in [0.25, 0.3) is 0 Å². The van der Waals surface area contributed by atoms with Crippen molar-refractivity contribution in [2.24, 2.45) is 5.73 Å². The highest BCUT2D eigenvalue weighted by molar-refractivity contribution is 5.59. The molecule has 2 aromatic rings. The van der Waals surface area contributed by atoms with Crippen LogP contribution in [0.25, 0.3) is 0 Å². The molecule has 0 aromatic heterocycles. The van der Waals surface area contributed by atoms with E-state index in [1.54, 1.807) is 6.07 Å². The van der Waals surface area contributed by atoms with Crippen LogP contribution < -0.4 is 15.4 Å². The van der Waals surface area contributed by atoms with Crippen LogP contribution in [0.1, 0.15) is 17.5 Å². The number of nitrogens with two attached hydrogens (primary N) is 1. The average Bonchev–Trinajstić information content (AvgIpc) is 2.72. The number of para-hydroxylation sites is 2. The van der Waals surface area contributed by atoms with Gasteiger partial charge in [-0.15, -0.1) is 0 Å². The summed E-state index contributed by atoms with van der Waals surface area (Å²) in [6, 6.07) is 13.0. The molecule has 0 aliphatic carbocycles. The van der Waals surface area contributed by atoms with Crippen molar-refractivity contribution in [2.45, 2.75) is 19.5 Å². The molecule has 2 aromatic carbocycles. The molecule has 0 bridgehead atoms. The van der Waals surface area contributed by atoms with Crippen LogP contribution in [0.15, 0.2) is 42.5 Å². The number of benzene rings is 2. The summed E-state index contributed by atoms with van der Waals surface area (Å²) >= 11 is 0. The lowest BCUT2D eigenvalue weighted by Gasteiger charge is -2.24. The molecule has 4 heteroatoms. The van der Waals surface area contributed by atoms with Gasteiger partial charge in [0, 0.05) is 25.2 Å². The van der Waals surface area contributed by atoms with Gasteiger partial charge in [-0.25, -0.2) is 4.39 Å². The fraction of sp³-hybridized carbons (Fsp3) is 0.294. The molecule has 110 valence electrons. The second-order valence-electron chi connectivity index (χ2n) is 5.22. The molecular weight excluding hydrogens is 267 g/mol. The molecule has 0 amide bonds. The van der Waals surface area contributed by atoms with Gasteiger partial charge >= 0.3 is 0 Å². The van der Waals surface area contributed by atoms with Gasteiger partial charge in [0.1, 0.15) is 11.6 Å². The first kappa shape index (κ1) is 13.9. The van der Waals surface area contributed by atoms with Gasteiger partial charge in [0.15, 0.2) is 0 Å². The van der Waals surface area contributed by atoms with Crippen LogP contribution in [0.5, 0.6) is 5.75 Å². The maximum absolute atomic E-state index is 14.0. The Balaban J connectivity index is 1.91. The molecule has 21 heavy (non-hydrogen) atoms. The maximum Gasteiger partial charge on any atom is 0.142 e. The first-order valence-corrected chi connectivity index (χ1v) is 7.22. The maximum atomic E-state index is 14.0. The van der Waals surface area contributed by atoms with Crippen LogP contribution in [-0.2, 0) is 13.1 Å². The van der Waals surface area contributed by atoms with Gasteiger partial charge in [-0.3, -0.25) is 0 Å². The van der Waals surface area contributed by atoms with E-state index in [1.165, 1.54) is 6.07 Å². The van der Waals surface area contributed by atoms with Crippen molar-refractivity contribution in [1.82, 2.24) is 0 Å². The third-order valence-electron chi connectivity index (χ3n) is 3.74. The Hall–Kier alpha value is -2.07. The van der Waals surface area contributed by atoms with Crippen molar-refractivity contribution >= 4 is 5.69 Å². The second kappa shape index (κ2) is 6.14.